The molecule has 0 heterocycles. The van der Waals surface area contributed by atoms with Crippen molar-refractivity contribution in [1.29, 1.82) is 0 Å². The number of rotatable bonds is 9. The van der Waals surface area contributed by atoms with E-state index in [1.54, 1.807) is 13.8 Å². The number of nitrogens with zero attached hydrogens (tertiary/aromatic N) is 1. The molecule has 0 fully saturated rings. The van der Waals surface area contributed by atoms with Crippen LogP contribution in [0.5, 0.6) is 0 Å². The SMILES string of the molecule is CCN(CC)S(=O)(=O)c1ccc(C(=O)O[C@@H](C)C(=O)NCc2ccccc2)cc1. The normalized spacial score (nSPS) is 12.4. The van der Waals surface area contributed by atoms with Crippen LogP contribution in [0.2, 0.25) is 0 Å². The van der Waals surface area contributed by atoms with Gasteiger partial charge < -0.3 is 10.1 Å². The van der Waals surface area contributed by atoms with Crippen molar-refractivity contribution in [2.75, 3.05) is 13.1 Å². The molecule has 0 unspecified atom stereocenters. The molecule has 0 radical (unpaired) electrons. The predicted octanol–water partition coefficient (Wildman–Crippen LogP) is 2.58. The first kappa shape index (κ1) is 22.6. The van der Waals surface area contributed by atoms with Crippen molar-refractivity contribution in [2.24, 2.45) is 0 Å². The number of esters is 1. The Morgan fingerprint density at radius 3 is 2.14 bits per heavy atom. The van der Waals surface area contributed by atoms with Crippen molar-refractivity contribution >= 4 is 21.9 Å². The first-order chi connectivity index (χ1) is 13.8. The Morgan fingerprint density at radius 2 is 1.59 bits per heavy atom. The molecule has 0 saturated heterocycles. The zero-order chi connectivity index (χ0) is 21.4. The van der Waals surface area contributed by atoms with Crippen molar-refractivity contribution < 1.29 is 22.7 Å². The molecule has 29 heavy (non-hydrogen) atoms. The molecule has 7 nitrogen and oxygen atoms in total. The van der Waals surface area contributed by atoms with E-state index in [1.165, 1.54) is 35.5 Å². The van der Waals surface area contributed by atoms with Crippen LogP contribution >= 0.6 is 0 Å². The lowest BCUT2D eigenvalue weighted by Gasteiger charge is -2.18. The Labute approximate surface area is 171 Å². The Balaban J connectivity index is 1.97. The minimum atomic E-state index is -3.60. The van der Waals surface area contributed by atoms with Gasteiger partial charge in [0.2, 0.25) is 10.0 Å². The van der Waals surface area contributed by atoms with Gasteiger partial charge in [-0.2, -0.15) is 4.31 Å². The molecule has 2 rings (SSSR count). The molecular weight excluding hydrogens is 392 g/mol. The Hall–Kier alpha value is -2.71. The van der Waals surface area contributed by atoms with E-state index in [4.69, 9.17) is 4.74 Å². The third-order valence-electron chi connectivity index (χ3n) is 4.40. The van der Waals surface area contributed by atoms with Crippen LogP contribution in [-0.2, 0) is 26.1 Å². The lowest BCUT2D eigenvalue weighted by atomic mass is 10.2. The molecular formula is C21H26N2O5S. The van der Waals surface area contributed by atoms with Gasteiger partial charge >= 0.3 is 5.97 Å². The summed E-state index contributed by atoms with van der Waals surface area (Å²) in [6.07, 6.45) is -0.981. The summed E-state index contributed by atoms with van der Waals surface area (Å²) < 4.78 is 31.5. The lowest BCUT2D eigenvalue weighted by Crippen LogP contribution is -2.35. The van der Waals surface area contributed by atoms with E-state index in [9.17, 15) is 18.0 Å². The third kappa shape index (κ3) is 5.88. The molecule has 0 spiro atoms. The minimum absolute atomic E-state index is 0.103. The molecule has 0 saturated carbocycles. The summed E-state index contributed by atoms with van der Waals surface area (Å²) in [4.78, 5) is 24.5. The zero-order valence-corrected chi connectivity index (χ0v) is 17.6. The van der Waals surface area contributed by atoms with E-state index in [-0.39, 0.29) is 10.5 Å². The summed E-state index contributed by atoms with van der Waals surface area (Å²) in [7, 11) is -3.60. The molecule has 0 aromatic heterocycles. The topological polar surface area (TPSA) is 92.8 Å². The average Bonchev–Trinajstić information content (AvgIpc) is 2.73. The summed E-state index contributed by atoms with van der Waals surface area (Å²) in [5, 5.41) is 2.71. The van der Waals surface area contributed by atoms with E-state index in [1.807, 2.05) is 30.3 Å². The molecule has 2 aromatic carbocycles. The van der Waals surface area contributed by atoms with Gasteiger partial charge in [-0.25, -0.2) is 13.2 Å². The standard InChI is InChI=1S/C21H26N2O5S/c1-4-23(5-2)29(26,27)19-13-11-18(12-14-19)21(25)28-16(3)20(24)22-15-17-9-7-6-8-10-17/h6-14,16H,4-5,15H2,1-3H3,(H,22,24)/t16-/m0/s1. The van der Waals surface area contributed by atoms with Crippen molar-refractivity contribution in [3.05, 3.63) is 65.7 Å². The summed E-state index contributed by atoms with van der Waals surface area (Å²) >= 11 is 0. The van der Waals surface area contributed by atoms with Gasteiger partial charge in [-0.1, -0.05) is 44.2 Å². The first-order valence-corrected chi connectivity index (χ1v) is 10.9. The smallest absolute Gasteiger partial charge is 0.338 e. The van der Waals surface area contributed by atoms with Crippen molar-refractivity contribution in [3.8, 4) is 0 Å². The lowest BCUT2D eigenvalue weighted by molar-refractivity contribution is -0.129. The van der Waals surface area contributed by atoms with Gasteiger partial charge in [0.05, 0.1) is 10.5 Å². The molecule has 0 aliphatic heterocycles. The second-order valence-electron chi connectivity index (χ2n) is 6.36. The zero-order valence-electron chi connectivity index (χ0n) is 16.8. The Kier molecular flexibility index (Phi) is 7.92. The minimum Gasteiger partial charge on any atom is -0.449 e. The second-order valence-corrected chi connectivity index (χ2v) is 8.30. The highest BCUT2D eigenvalue weighted by atomic mass is 32.2. The van der Waals surface area contributed by atoms with Gasteiger partial charge in [-0.3, -0.25) is 4.79 Å². The van der Waals surface area contributed by atoms with Crippen LogP contribution in [0.3, 0.4) is 0 Å². The van der Waals surface area contributed by atoms with Gasteiger partial charge in [0.25, 0.3) is 5.91 Å². The number of hydrogen-bond acceptors (Lipinski definition) is 5. The van der Waals surface area contributed by atoms with Crippen LogP contribution in [0, 0.1) is 0 Å². The first-order valence-electron chi connectivity index (χ1n) is 9.42. The fourth-order valence-electron chi connectivity index (χ4n) is 2.69. The van der Waals surface area contributed by atoms with Crippen LogP contribution in [-0.4, -0.2) is 43.8 Å². The van der Waals surface area contributed by atoms with Gasteiger partial charge in [-0.15, -0.1) is 0 Å². The Bertz CT molecular complexity index is 923. The van der Waals surface area contributed by atoms with E-state index in [2.05, 4.69) is 5.32 Å². The average molecular weight is 419 g/mol. The number of ether oxygens (including phenoxy) is 1. The highest BCUT2D eigenvalue weighted by Crippen LogP contribution is 2.17. The second kappa shape index (κ2) is 10.2. The number of carbonyl (C=O) groups excluding carboxylic acids is 2. The highest BCUT2D eigenvalue weighted by molar-refractivity contribution is 7.89. The molecule has 8 heteroatoms. The van der Waals surface area contributed by atoms with Crippen molar-refractivity contribution in [3.63, 3.8) is 0 Å². The van der Waals surface area contributed by atoms with Crippen LogP contribution in [0.4, 0.5) is 0 Å². The molecule has 1 atom stereocenters. The fraction of sp³-hybridized carbons (Fsp3) is 0.333. The van der Waals surface area contributed by atoms with E-state index in [0.717, 1.165) is 5.56 Å². The molecule has 156 valence electrons. The molecule has 1 N–H and O–H groups in total. The number of benzene rings is 2. The molecule has 0 aliphatic carbocycles. The fourth-order valence-corrected chi connectivity index (χ4v) is 4.14. The maximum Gasteiger partial charge on any atom is 0.338 e. The Morgan fingerprint density at radius 1 is 1.00 bits per heavy atom. The van der Waals surface area contributed by atoms with E-state index >= 15 is 0 Å². The number of amides is 1. The molecule has 2 aromatic rings. The van der Waals surface area contributed by atoms with Gasteiger partial charge in [0.15, 0.2) is 6.10 Å². The van der Waals surface area contributed by atoms with Crippen LogP contribution in [0.25, 0.3) is 0 Å². The van der Waals surface area contributed by atoms with E-state index in [0.29, 0.717) is 19.6 Å². The van der Waals surface area contributed by atoms with Crippen LogP contribution in [0.1, 0.15) is 36.7 Å². The summed E-state index contributed by atoms with van der Waals surface area (Å²) in [6, 6.07) is 14.9. The van der Waals surface area contributed by atoms with Crippen LogP contribution in [0.15, 0.2) is 59.5 Å². The van der Waals surface area contributed by atoms with Crippen molar-refractivity contribution in [2.45, 2.75) is 38.3 Å². The number of nitrogens with one attached hydrogen (secondary N) is 1. The van der Waals surface area contributed by atoms with Gasteiger partial charge in [-0.05, 0) is 36.8 Å². The third-order valence-corrected chi connectivity index (χ3v) is 6.46. The molecule has 1 amide bonds. The number of sulfonamides is 1. The quantitative estimate of drug-likeness (QED) is 0.632. The summed E-state index contributed by atoms with van der Waals surface area (Å²) in [6.45, 7) is 6.06. The van der Waals surface area contributed by atoms with Gasteiger partial charge in [0.1, 0.15) is 0 Å². The maximum atomic E-state index is 12.5. The summed E-state index contributed by atoms with van der Waals surface area (Å²) in [5.41, 5.74) is 1.11. The monoisotopic (exact) mass is 418 g/mol. The number of hydrogen-bond donors (Lipinski definition) is 1. The summed E-state index contributed by atoms with van der Waals surface area (Å²) in [5.74, 6) is -1.11. The van der Waals surface area contributed by atoms with E-state index < -0.39 is 28.0 Å². The van der Waals surface area contributed by atoms with Crippen LogP contribution < -0.4 is 5.32 Å². The van der Waals surface area contributed by atoms with Crippen molar-refractivity contribution in [1.82, 2.24) is 9.62 Å². The highest BCUT2D eigenvalue weighted by Gasteiger charge is 2.23. The predicted molar refractivity (Wildman–Crippen MR) is 110 cm³/mol. The largest absolute Gasteiger partial charge is 0.449 e. The maximum absolute atomic E-state index is 12.5. The van der Waals surface area contributed by atoms with Gasteiger partial charge in [0, 0.05) is 19.6 Å². The molecule has 0 bridgehead atoms. The molecule has 0 aliphatic rings. The number of carbonyl (C=O) groups is 2.